The van der Waals surface area contributed by atoms with Crippen LogP contribution in [0.4, 0.5) is 0 Å². The number of Topliss-reactive ketones (excluding diaryl/α,β-unsaturated/α-hetero) is 1. The molecule has 7 rings (SSSR count). The summed E-state index contributed by atoms with van der Waals surface area (Å²) in [5.74, 6) is 1.53. The van der Waals surface area contributed by atoms with Crippen molar-refractivity contribution in [1.29, 1.82) is 0 Å². The Morgan fingerprint density at radius 2 is 1.88 bits per heavy atom. The molecular weight excluding hydrogens is 518 g/mol. The lowest BCUT2D eigenvalue weighted by Crippen LogP contribution is -2.20. The summed E-state index contributed by atoms with van der Waals surface area (Å²) in [7, 11) is 0. The normalized spacial score (nSPS) is 14.0. The third kappa shape index (κ3) is 4.71. The summed E-state index contributed by atoms with van der Waals surface area (Å²) in [6.45, 7) is 3.48. The quantitative estimate of drug-likeness (QED) is 0.181. The fraction of sp³-hybridized carbons (Fsp3) is 0.258. The van der Waals surface area contributed by atoms with Crippen molar-refractivity contribution in [3.63, 3.8) is 0 Å². The number of nitrogens with zero attached hydrogens (tertiary/aromatic N) is 4. The number of hydrogen-bond acceptors (Lipinski definition) is 7. The number of nitrogens with one attached hydrogen (secondary N) is 3. The maximum atomic E-state index is 11.8. The fourth-order valence-corrected chi connectivity index (χ4v) is 6.56. The minimum atomic E-state index is 0.0546. The van der Waals surface area contributed by atoms with E-state index in [1.165, 1.54) is 42.6 Å². The van der Waals surface area contributed by atoms with Crippen molar-refractivity contribution in [2.75, 3.05) is 6.54 Å². The number of aromatic amines is 2. The lowest BCUT2D eigenvalue weighted by Gasteiger charge is -2.11. The monoisotopic (exact) mass is 547 g/mol. The van der Waals surface area contributed by atoms with Crippen LogP contribution >= 0.6 is 11.3 Å². The van der Waals surface area contributed by atoms with Crippen LogP contribution in [0, 0.1) is 5.92 Å². The molecule has 5 heterocycles. The number of thiophene rings is 1. The first kappa shape index (κ1) is 24.8. The highest BCUT2D eigenvalue weighted by atomic mass is 32.1. The average molecular weight is 548 g/mol. The van der Waals surface area contributed by atoms with Crippen molar-refractivity contribution in [3.8, 4) is 33.1 Å². The molecule has 9 heteroatoms. The van der Waals surface area contributed by atoms with Crippen molar-refractivity contribution < 1.29 is 4.79 Å². The number of fused-ring (bicyclic) bond motifs is 2. The Labute approximate surface area is 235 Å². The first-order valence-corrected chi connectivity index (χ1v) is 14.5. The number of ketones is 1. The molecule has 8 nitrogen and oxygen atoms in total. The Kier molecular flexibility index (Phi) is 6.45. The van der Waals surface area contributed by atoms with E-state index in [9.17, 15) is 4.79 Å². The van der Waals surface area contributed by atoms with Crippen LogP contribution in [-0.2, 0) is 6.54 Å². The number of rotatable bonds is 8. The van der Waals surface area contributed by atoms with Crippen LogP contribution in [0.25, 0.3) is 55.0 Å². The van der Waals surface area contributed by atoms with Gasteiger partial charge in [0.05, 0.1) is 22.1 Å². The van der Waals surface area contributed by atoms with Gasteiger partial charge in [-0.2, -0.15) is 5.10 Å². The van der Waals surface area contributed by atoms with Gasteiger partial charge in [-0.1, -0.05) is 18.9 Å². The number of benzene rings is 1. The van der Waals surface area contributed by atoms with Crippen molar-refractivity contribution in [3.05, 3.63) is 71.6 Å². The van der Waals surface area contributed by atoms with Crippen LogP contribution in [0.3, 0.4) is 0 Å². The molecule has 5 aromatic heterocycles. The number of carbonyl (C=O) groups is 1. The van der Waals surface area contributed by atoms with Gasteiger partial charge in [0.1, 0.15) is 11.2 Å². The van der Waals surface area contributed by atoms with Gasteiger partial charge >= 0.3 is 0 Å². The van der Waals surface area contributed by atoms with E-state index >= 15 is 0 Å². The van der Waals surface area contributed by atoms with Gasteiger partial charge in [0, 0.05) is 46.5 Å². The first-order chi connectivity index (χ1) is 19.6. The highest BCUT2D eigenvalue weighted by molar-refractivity contribution is 7.17. The van der Waals surface area contributed by atoms with E-state index in [-0.39, 0.29) is 5.78 Å². The molecule has 0 bridgehead atoms. The van der Waals surface area contributed by atoms with Gasteiger partial charge in [-0.25, -0.2) is 4.98 Å². The van der Waals surface area contributed by atoms with Crippen molar-refractivity contribution >= 4 is 39.1 Å². The summed E-state index contributed by atoms with van der Waals surface area (Å²) in [5, 5.41) is 12.4. The van der Waals surface area contributed by atoms with E-state index in [0.717, 1.165) is 73.1 Å². The molecule has 1 fully saturated rings. The molecule has 40 heavy (non-hydrogen) atoms. The predicted molar refractivity (Wildman–Crippen MR) is 159 cm³/mol. The van der Waals surface area contributed by atoms with E-state index in [0.29, 0.717) is 5.82 Å². The summed E-state index contributed by atoms with van der Waals surface area (Å²) >= 11 is 1.45. The fourth-order valence-electron chi connectivity index (χ4n) is 5.65. The van der Waals surface area contributed by atoms with Crippen LogP contribution in [0.15, 0.2) is 61.2 Å². The topological polar surface area (TPSA) is 112 Å². The summed E-state index contributed by atoms with van der Waals surface area (Å²) < 4.78 is 0. The Balaban J connectivity index is 1.20. The minimum Gasteiger partial charge on any atom is -0.335 e. The minimum absolute atomic E-state index is 0.0546. The van der Waals surface area contributed by atoms with Crippen molar-refractivity contribution in [2.45, 2.75) is 39.2 Å². The molecule has 1 aliphatic carbocycles. The predicted octanol–water partition coefficient (Wildman–Crippen LogP) is 6.77. The third-order valence-electron chi connectivity index (χ3n) is 7.76. The zero-order chi connectivity index (χ0) is 27.1. The van der Waals surface area contributed by atoms with Crippen LogP contribution in [0.2, 0.25) is 0 Å². The molecule has 0 unspecified atom stereocenters. The number of H-pyrrole nitrogens is 2. The molecule has 1 aliphatic rings. The number of imidazole rings is 1. The van der Waals surface area contributed by atoms with Crippen LogP contribution in [0.5, 0.6) is 0 Å². The molecule has 1 saturated carbocycles. The molecule has 0 atom stereocenters. The zero-order valence-electron chi connectivity index (χ0n) is 22.2. The lowest BCUT2D eigenvalue weighted by molar-refractivity contribution is 0.102. The number of aromatic nitrogens is 6. The summed E-state index contributed by atoms with van der Waals surface area (Å²) in [4.78, 5) is 30.8. The molecule has 200 valence electrons. The van der Waals surface area contributed by atoms with Crippen LogP contribution in [0.1, 0.15) is 47.8 Å². The van der Waals surface area contributed by atoms with Gasteiger partial charge in [-0.15, -0.1) is 11.3 Å². The number of pyridine rings is 2. The average Bonchev–Trinajstić information content (AvgIpc) is 3.78. The Morgan fingerprint density at radius 1 is 1.00 bits per heavy atom. The van der Waals surface area contributed by atoms with Gasteiger partial charge in [-0.05, 0) is 73.7 Å². The SMILES string of the molecule is CC(=O)c1ccc(-c2cncc3[nH]c(-c4n[nH]c5ccc(-c6cncc(CNCC7CCCC7)c6)cc45)nc23)s1. The molecular formula is C31H29N7OS. The molecule has 0 aliphatic heterocycles. The second-order valence-corrected chi connectivity index (χ2v) is 11.7. The van der Waals surface area contributed by atoms with E-state index in [2.05, 4.69) is 54.7 Å². The zero-order valence-corrected chi connectivity index (χ0v) is 23.0. The van der Waals surface area contributed by atoms with Gasteiger partial charge in [0.15, 0.2) is 11.6 Å². The summed E-state index contributed by atoms with van der Waals surface area (Å²) in [5.41, 5.74) is 7.53. The smallest absolute Gasteiger partial charge is 0.169 e. The molecule has 0 saturated heterocycles. The van der Waals surface area contributed by atoms with Crippen LogP contribution in [-0.4, -0.2) is 42.5 Å². The summed E-state index contributed by atoms with van der Waals surface area (Å²) in [6, 6.07) is 12.3. The molecule has 0 radical (unpaired) electrons. The summed E-state index contributed by atoms with van der Waals surface area (Å²) in [6.07, 6.45) is 12.8. The second-order valence-electron chi connectivity index (χ2n) is 10.6. The largest absolute Gasteiger partial charge is 0.335 e. The van der Waals surface area contributed by atoms with E-state index in [1.54, 1.807) is 19.3 Å². The molecule has 0 spiro atoms. The van der Waals surface area contributed by atoms with E-state index in [4.69, 9.17) is 4.98 Å². The lowest BCUT2D eigenvalue weighted by atomic mass is 10.0. The molecule has 3 N–H and O–H groups in total. The van der Waals surface area contributed by atoms with Gasteiger partial charge in [0.25, 0.3) is 0 Å². The van der Waals surface area contributed by atoms with E-state index in [1.807, 2.05) is 24.5 Å². The third-order valence-corrected chi connectivity index (χ3v) is 8.98. The van der Waals surface area contributed by atoms with Gasteiger partial charge in [0.2, 0.25) is 0 Å². The van der Waals surface area contributed by atoms with Crippen LogP contribution < -0.4 is 5.32 Å². The second kappa shape index (κ2) is 10.4. The van der Waals surface area contributed by atoms with Gasteiger partial charge < -0.3 is 10.3 Å². The standard InChI is InChI=1S/C31H29N7OS/c1-18(39)27-8-9-28(40-27)24-16-34-17-26-29(24)36-31(35-26)30-23-11-21(6-7-25(23)37-38-30)22-10-20(14-33-15-22)13-32-12-19-4-2-3-5-19/h6-11,14-17,19,32H,2-5,12-13H2,1H3,(H,35,36)(H,37,38). The highest BCUT2D eigenvalue weighted by Crippen LogP contribution is 2.35. The molecule has 0 amide bonds. The van der Waals surface area contributed by atoms with E-state index < -0.39 is 0 Å². The van der Waals surface area contributed by atoms with Crippen molar-refractivity contribution in [2.24, 2.45) is 5.92 Å². The molecule has 6 aromatic rings. The van der Waals surface area contributed by atoms with Gasteiger partial charge in [-0.3, -0.25) is 19.9 Å². The Morgan fingerprint density at radius 3 is 2.73 bits per heavy atom. The molecule has 1 aromatic carbocycles. The maximum absolute atomic E-state index is 11.8. The van der Waals surface area contributed by atoms with Crippen molar-refractivity contribution in [1.82, 2.24) is 35.5 Å². The maximum Gasteiger partial charge on any atom is 0.169 e. The highest BCUT2D eigenvalue weighted by Gasteiger charge is 2.18. The Hall–Kier alpha value is -4.21. The number of carbonyl (C=O) groups excluding carboxylic acids is 1. The Bertz CT molecular complexity index is 1840. The first-order valence-electron chi connectivity index (χ1n) is 13.7. The number of hydrogen-bond donors (Lipinski definition) is 3.